The molecule has 0 radical (unpaired) electrons. The number of pyridine rings is 1. The lowest BCUT2D eigenvalue weighted by atomic mass is 9.94. The predicted molar refractivity (Wildman–Crippen MR) is 69.0 cm³/mol. The first kappa shape index (κ1) is 11.5. The van der Waals surface area contributed by atoms with Crippen LogP contribution in [0.15, 0.2) is 18.3 Å². The Kier molecular flexibility index (Phi) is 3.32. The highest BCUT2D eigenvalue weighted by Gasteiger charge is 2.33. The van der Waals surface area contributed by atoms with Gasteiger partial charge >= 0.3 is 0 Å². The molecule has 0 amide bonds. The third-order valence-electron chi connectivity index (χ3n) is 3.87. The lowest BCUT2D eigenvalue weighted by molar-refractivity contribution is 0.312. The lowest BCUT2D eigenvalue weighted by Gasteiger charge is -2.24. The number of piperidine rings is 1. The Labute approximate surface area is 107 Å². The molecular formula is C13H18ClN3. The Bertz CT molecular complexity index is 365. The number of hydrogen-bond donors (Lipinski definition) is 1. The Balaban J connectivity index is 1.61. The molecule has 2 aliphatic heterocycles. The number of rotatable bonds is 2. The van der Waals surface area contributed by atoms with Crippen LogP contribution in [0, 0.1) is 5.92 Å². The van der Waals surface area contributed by atoms with Gasteiger partial charge in [0.25, 0.3) is 0 Å². The molecule has 2 aliphatic rings. The predicted octanol–water partition coefficient (Wildman–Crippen LogP) is 1.92. The maximum Gasteiger partial charge on any atom is 0.129 e. The Morgan fingerprint density at radius 3 is 3.12 bits per heavy atom. The summed E-state index contributed by atoms with van der Waals surface area (Å²) in [7, 11) is 0. The molecule has 3 rings (SSSR count). The van der Waals surface area contributed by atoms with Crippen molar-refractivity contribution in [1.29, 1.82) is 0 Å². The highest BCUT2D eigenvalue weighted by Crippen LogP contribution is 2.25. The van der Waals surface area contributed by atoms with Gasteiger partial charge in [-0.25, -0.2) is 4.98 Å². The summed E-state index contributed by atoms with van der Waals surface area (Å²) in [5, 5.41) is 4.20. The number of fused-ring (bicyclic) bond motifs is 1. The molecule has 1 aromatic heterocycles. The second-order valence-corrected chi connectivity index (χ2v) is 5.53. The Morgan fingerprint density at radius 1 is 1.41 bits per heavy atom. The third kappa shape index (κ3) is 2.62. The van der Waals surface area contributed by atoms with Gasteiger partial charge in [0.2, 0.25) is 0 Å². The van der Waals surface area contributed by atoms with E-state index in [-0.39, 0.29) is 0 Å². The van der Waals surface area contributed by atoms with Crippen LogP contribution in [0.1, 0.15) is 18.4 Å². The maximum atomic E-state index is 5.79. The van der Waals surface area contributed by atoms with E-state index in [2.05, 4.69) is 21.3 Å². The molecule has 1 aromatic rings. The second kappa shape index (κ2) is 4.92. The molecule has 2 fully saturated rings. The number of halogens is 1. The normalized spacial score (nSPS) is 29.2. The zero-order chi connectivity index (χ0) is 11.7. The maximum absolute atomic E-state index is 5.79. The number of aromatic nitrogens is 1. The van der Waals surface area contributed by atoms with E-state index < -0.39 is 0 Å². The standard InChI is InChI=1S/C13H18ClN3/c14-13-4-3-10(6-16-13)7-17-8-11-2-1-5-15-12(11)9-17/h3-4,6,11-12,15H,1-2,5,7-9H2. The first-order valence-electron chi connectivity index (χ1n) is 6.37. The van der Waals surface area contributed by atoms with E-state index >= 15 is 0 Å². The van der Waals surface area contributed by atoms with Crippen molar-refractivity contribution in [3.63, 3.8) is 0 Å². The molecule has 17 heavy (non-hydrogen) atoms. The molecule has 3 nitrogen and oxygen atoms in total. The topological polar surface area (TPSA) is 28.2 Å². The lowest BCUT2D eigenvalue weighted by Crippen LogP contribution is -2.40. The summed E-state index contributed by atoms with van der Waals surface area (Å²) < 4.78 is 0. The van der Waals surface area contributed by atoms with Gasteiger partial charge in [0, 0.05) is 31.9 Å². The molecule has 4 heteroatoms. The fraction of sp³-hybridized carbons (Fsp3) is 0.615. The Morgan fingerprint density at radius 2 is 2.35 bits per heavy atom. The van der Waals surface area contributed by atoms with Gasteiger partial charge in [-0.2, -0.15) is 0 Å². The van der Waals surface area contributed by atoms with Crippen molar-refractivity contribution >= 4 is 11.6 Å². The minimum atomic E-state index is 0.575. The second-order valence-electron chi connectivity index (χ2n) is 5.15. The van der Waals surface area contributed by atoms with Crippen LogP contribution in [0.2, 0.25) is 5.15 Å². The number of nitrogens with zero attached hydrogens (tertiary/aromatic N) is 2. The van der Waals surface area contributed by atoms with Crippen LogP contribution in [0.5, 0.6) is 0 Å². The quantitative estimate of drug-likeness (QED) is 0.814. The Hall–Kier alpha value is -0.640. The SMILES string of the molecule is Clc1ccc(CN2CC3CCCNC3C2)cn1. The summed E-state index contributed by atoms with van der Waals surface area (Å²) in [4.78, 5) is 6.66. The van der Waals surface area contributed by atoms with E-state index in [1.54, 1.807) is 0 Å². The number of nitrogens with one attached hydrogen (secondary N) is 1. The largest absolute Gasteiger partial charge is 0.312 e. The molecule has 2 atom stereocenters. The minimum absolute atomic E-state index is 0.575. The van der Waals surface area contributed by atoms with Crippen molar-refractivity contribution in [2.75, 3.05) is 19.6 Å². The molecule has 0 saturated carbocycles. The molecule has 0 spiro atoms. The average Bonchev–Trinajstić information content (AvgIpc) is 2.74. The van der Waals surface area contributed by atoms with Crippen molar-refractivity contribution < 1.29 is 0 Å². The molecular weight excluding hydrogens is 234 g/mol. The van der Waals surface area contributed by atoms with Gasteiger partial charge in [0.05, 0.1) is 0 Å². The smallest absolute Gasteiger partial charge is 0.129 e. The minimum Gasteiger partial charge on any atom is -0.312 e. The van der Waals surface area contributed by atoms with Gasteiger partial charge in [-0.05, 0) is 36.9 Å². The van der Waals surface area contributed by atoms with Crippen LogP contribution in [-0.4, -0.2) is 35.6 Å². The molecule has 0 aliphatic carbocycles. The van der Waals surface area contributed by atoms with Gasteiger partial charge in [0.15, 0.2) is 0 Å². The van der Waals surface area contributed by atoms with Gasteiger partial charge < -0.3 is 5.32 Å². The fourth-order valence-electron chi connectivity index (χ4n) is 3.02. The molecule has 1 N–H and O–H groups in total. The summed E-state index contributed by atoms with van der Waals surface area (Å²) in [6, 6.07) is 4.66. The summed E-state index contributed by atoms with van der Waals surface area (Å²) in [5.74, 6) is 0.851. The fourth-order valence-corrected chi connectivity index (χ4v) is 3.14. The van der Waals surface area contributed by atoms with Gasteiger partial charge in [0.1, 0.15) is 5.15 Å². The summed E-state index contributed by atoms with van der Waals surface area (Å²) >= 11 is 5.79. The zero-order valence-electron chi connectivity index (χ0n) is 9.90. The van der Waals surface area contributed by atoms with Crippen molar-refractivity contribution in [1.82, 2.24) is 15.2 Å². The van der Waals surface area contributed by atoms with Crippen LogP contribution in [0.3, 0.4) is 0 Å². The first-order chi connectivity index (χ1) is 8.31. The van der Waals surface area contributed by atoms with Gasteiger partial charge in [-0.3, -0.25) is 4.90 Å². The highest BCUT2D eigenvalue weighted by molar-refractivity contribution is 6.29. The summed E-state index contributed by atoms with van der Waals surface area (Å²) in [6.07, 6.45) is 4.60. The van der Waals surface area contributed by atoms with Gasteiger partial charge in [-0.1, -0.05) is 17.7 Å². The van der Waals surface area contributed by atoms with Crippen LogP contribution in [0.4, 0.5) is 0 Å². The van der Waals surface area contributed by atoms with Crippen LogP contribution in [-0.2, 0) is 6.54 Å². The van der Waals surface area contributed by atoms with E-state index in [1.165, 1.54) is 38.0 Å². The van der Waals surface area contributed by atoms with Crippen molar-refractivity contribution in [2.45, 2.75) is 25.4 Å². The van der Waals surface area contributed by atoms with Crippen molar-refractivity contribution in [3.05, 3.63) is 29.0 Å². The van der Waals surface area contributed by atoms with Crippen molar-refractivity contribution in [2.24, 2.45) is 5.92 Å². The number of hydrogen-bond acceptors (Lipinski definition) is 3. The van der Waals surface area contributed by atoms with E-state index in [9.17, 15) is 0 Å². The van der Waals surface area contributed by atoms with E-state index in [4.69, 9.17) is 11.6 Å². The summed E-state index contributed by atoms with van der Waals surface area (Å²) in [5.41, 5.74) is 1.26. The molecule has 3 heterocycles. The van der Waals surface area contributed by atoms with Crippen LogP contribution in [0.25, 0.3) is 0 Å². The third-order valence-corrected chi connectivity index (χ3v) is 4.09. The van der Waals surface area contributed by atoms with Crippen molar-refractivity contribution in [3.8, 4) is 0 Å². The summed E-state index contributed by atoms with van der Waals surface area (Å²) in [6.45, 7) is 4.59. The molecule has 92 valence electrons. The molecule has 2 unspecified atom stereocenters. The average molecular weight is 252 g/mol. The molecule has 2 saturated heterocycles. The highest BCUT2D eigenvalue weighted by atomic mass is 35.5. The molecule has 0 bridgehead atoms. The molecule has 0 aromatic carbocycles. The van der Waals surface area contributed by atoms with E-state index in [0.717, 1.165) is 12.5 Å². The monoisotopic (exact) mass is 251 g/mol. The van der Waals surface area contributed by atoms with Crippen LogP contribution < -0.4 is 5.32 Å². The number of likely N-dealkylation sites (tertiary alicyclic amines) is 1. The van der Waals surface area contributed by atoms with E-state index in [1.807, 2.05) is 12.3 Å². The first-order valence-corrected chi connectivity index (χ1v) is 6.75. The van der Waals surface area contributed by atoms with E-state index in [0.29, 0.717) is 11.2 Å². The zero-order valence-corrected chi connectivity index (χ0v) is 10.7. The van der Waals surface area contributed by atoms with Gasteiger partial charge in [-0.15, -0.1) is 0 Å². The van der Waals surface area contributed by atoms with Crippen LogP contribution >= 0.6 is 11.6 Å².